The molecule has 1 atom stereocenters. The minimum absolute atomic E-state index is 0.328. The molecule has 0 radical (unpaired) electrons. The van der Waals surface area contributed by atoms with Crippen LogP contribution in [0.4, 0.5) is 0 Å². The van der Waals surface area contributed by atoms with Gasteiger partial charge in [0, 0.05) is 18.7 Å². The third kappa shape index (κ3) is 3.60. The van der Waals surface area contributed by atoms with E-state index in [9.17, 15) is 0 Å². The summed E-state index contributed by atoms with van der Waals surface area (Å²) in [6, 6.07) is 10.5. The van der Waals surface area contributed by atoms with Gasteiger partial charge < -0.3 is 4.74 Å². The van der Waals surface area contributed by atoms with E-state index in [-0.39, 0.29) is 0 Å². The van der Waals surface area contributed by atoms with E-state index in [0.29, 0.717) is 12.0 Å². The third-order valence-electron chi connectivity index (χ3n) is 3.21. The van der Waals surface area contributed by atoms with Gasteiger partial charge in [-0.25, -0.2) is 0 Å². The van der Waals surface area contributed by atoms with Crippen LogP contribution in [0.25, 0.3) is 0 Å². The molecule has 2 nitrogen and oxygen atoms in total. The summed E-state index contributed by atoms with van der Waals surface area (Å²) in [5.41, 5.74) is 1.09. The number of benzene rings is 1. The molecular formula is C16H21NO. The fraction of sp³-hybridized carbons (Fsp3) is 0.500. The summed E-state index contributed by atoms with van der Waals surface area (Å²) in [7, 11) is 0. The largest absolute Gasteiger partial charge is 0.379 e. The minimum atomic E-state index is 0.328. The zero-order valence-electron chi connectivity index (χ0n) is 11.2. The maximum Gasteiger partial charge on any atom is 0.0743 e. The molecule has 0 spiro atoms. The molecule has 1 fully saturated rings. The van der Waals surface area contributed by atoms with E-state index in [1.165, 1.54) is 0 Å². The molecule has 1 aromatic rings. The molecule has 0 aromatic heterocycles. The molecule has 18 heavy (non-hydrogen) atoms. The van der Waals surface area contributed by atoms with Crippen molar-refractivity contribution in [3.05, 3.63) is 35.9 Å². The lowest BCUT2D eigenvalue weighted by Gasteiger charge is -2.33. The first kappa shape index (κ1) is 13.1. The molecule has 0 amide bonds. The van der Waals surface area contributed by atoms with E-state index >= 15 is 0 Å². The summed E-state index contributed by atoms with van der Waals surface area (Å²) < 4.78 is 5.40. The predicted octanol–water partition coefficient (Wildman–Crippen LogP) is 2.39. The monoisotopic (exact) mass is 243 g/mol. The highest BCUT2D eigenvalue weighted by Crippen LogP contribution is 2.12. The Bertz CT molecular complexity index is 410. The summed E-state index contributed by atoms with van der Waals surface area (Å²) in [4.78, 5) is 2.43. The van der Waals surface area contributed by atoms with Gasteiger partial charge in [-0.3, -0.25) is 4.90 Å². The van der Waals surface area contributed by atoms with Gasteiger partial charge in [0.1, 0.15) is 0 Å². The molecule has 1 heterocycles. The molecule has 2 rings (SSSR count). The molecule has 1 aromatic carbocycles. The highest BCUT2D eigenvalue weighted by atomic mass is 16.5. The van der Waals surface area contributed by atoms with Gasteiger partial charge in [-0.1, -0.05) is 43.9 Å². The fourth-order valence-electron chi connectivity index (χ4n) is 2.21. The van der Waals surface area contributed by atoms with Crippen molar-refractivity contribution in [1.82, 2.24) is 4.90 Å². The van der Waals surface area contributed by atoms with Crippen LogP contribution in [0.3, 0.4) is 0 Å². The molecule has 0 N–H and O–H groups in total. The summed E-state index contributed by atoms with van der Waals surface area (Å²) in [6.07, 6.45) is 0. The number of morpholine rings is 1. The predicted molar refractivity (Wildman–Crippen MR) is 74.3 cm³/mol. The van der Waals surface area contributed by atoms with Crippen LogP contribution in [-0.2, 0) is 4.74 Å². The van der Waals surface area contributed by atoms with Crippen LogP contribution >= 0.6 is 0 Å². The van der Waals surface area contributed by atoms with Crippen LogP contribution in [-0.4, -0.2) is 37.2 Å². The average Bonchev–Trinajstić information content (AvgIpc) is 2.41. The molecule has 0 aliphatic carbocycles. The van der Waals surface area contributed by atoms with Crippen molar-refractivity contribution in [2.24, 2.45) is 5.92 Å². The Balaban J connectivity index is 2.09. The fourth-order valence-corrected chi connectivity index (χ4v) is 2.21. The lowest BCUT2D eigenvalue weighted by atomic mass is 10.0. The van der Waals surface area contributed by atoms with Crippen LogP contribution in [0.2, 0.25) is 0 Å². The zero-order valence-corrected chi connectivity index (χ0v) is 11.2. The summed E-state index contributed by atoms with van der Waals surface area (Å²) in [6.45, 7) is 8.12. The van der Waals surface area contributed by atoms with E-state index in [4.69, 9.17) is 4.74 Å². The second-order valence-corrected chi connectivity index (χ2v) is 4.97. The zero-order chi connectivity index (χ0) is 12.8. The number of hydrogen-bond donors (Lipinski definition) is 0. The van der Waals surface area contributed by atoms with Gasteiger partial charge in [-0.15, -0.1) is 0 Å². The van der Waals surface area contributed by atoms with Crippen LogP contribution in [0.15, 0.2) is 30.3 Å². The summed E-state index contributed by atoms with van der Waals surface area (Å²) >= 11 is 0. The number of nitrogens with zero attached hydrogens (tertiary/aromatic N) is 1. The molecule has 1 aliphatic rings. The Kier molecular flexibility index (Phi) is 4.81. The van der Waals surface area contributed by atoms with Gasteiger partial charge in [0.05, 0.1) is 19.3 Å². The molecule has 2 heteroatoms. The summed E-state index contributed by atoms with van der Waals surface area (Å²) in [5.74, 6) is 7.26. The molecule has 0 bridgehead atoms. The molecule has 1 aliphatic heterocycles. The van der Waals surface area contributed by atoms with Gasteiger partial charge in [0.25, 0.3) is 0 Å². The second kappa shape index (κ2) is 6.58. The first-order valence-corrected chi connectivity index (χ1v) is 6.66. The molecule has 0 saturated carbocycles. The van der Waals surface area contributed by atoms with E-state index in [1.54, 1.807) is 0 Å². The van der Waals surface area contributed by atoms with E-state index < -0.39 is 0 Å². The van der Waals surface area contributed by atoms with Gasteiger partial charge >= 0.3 is 0 Å². The van der Waals surface area contributed by atoms with Crippen LogP contribution < -0.4 is 0 Å². The number of ether oxygens (including phenoxy) is 1. The Morgan fingerprint density at radius 1 is 1.11 bits per heavy atom. The molecule has 1 saturated heterocycles. The molecule has 96 valence electrons. The Labute approximate surface area is 110 Å². The van der Waals surface area contributed by atoms with Crippen LogP contribution in [0.5, 0.6) is 0 Å². The average molecular weight is 243 g/mol. The first-order chi connectivity index (χ1) is 8.77. The van der Waals surface area contributed by atoms with Gasteiger partial charge in [-0.2, -0.15) is 0 Å². The standard InChI is InChI=1S/C16H21NO/c1-14(2)16(17-10-12-18-13-11-17)9-8-15-6-4-3-5-7-15/h3-7,14,16H,10-13H2,1-2H3. The van der Waals surface area contributed by atoms with Crippen molar-refractivity contribution >= 4 is 0 Å². The van der Waals surface area contributed by atoms with Crippen molar-refractivity contribution < 1.29 is 4.74 Å². The van der Waals surface area contributed by atoms with Gasteiger partial charge in [0.15, 0.2) is 0 Å². The van der Waals surface area contributed by atoms with E-state index in [0.717, 1.165) is 31.9 Å². The van der Waals surface area contributed by atoms with Crippen molar-refractivity contribution in [2.45, 2.75) is 19.9 Å². The Hall–Kier alpha value is -1.30. The van der Waals surface area contributed by atoms with Crippen LogP contribution in [0, 0.1) is 17.8 Å². The van der Waals surface area contributed by atoms with Crippen molar-refractivity contribution in [1.29, 1.82) is 0 Å². The highest BCUT2D eigenvalue weighted by molar-refractivity contribution is 5.35. The maximum absolute atomic E-state index is 5.40. The quantitative estimate of drug-likeness (QED) is 0.740. The molecule has 1 unspecified atom stereocenters. The normalized spacial score (nSPS) is 18.2. The third-order valence-corrected chi connectivity index (χ3v) is 3.21. The van der Waals surface area contributed by atoms with Crippen molar-refractivity contribution in [2.75, 3.05) is 26.3 Å². The maximum atomic E-state index is 5.40. The van der Waals surface area contributed by atoms with Crippen molar-refractivity contribution in [3.63, 3.8) is 0 Å². The molecular weight excluding hydrogens is 222 g/mol. The topological polar surface area (TPSA) is 12.5 Å². The smallest absolute Gasteiger partial charge is 0.0743 e. The first-order valence-electron chi connectivity index (χ1n) is 6.66. The van der Waals surface area contributed by atoms with Crippen LogP contribution in [0.1, 0.15) is 19.4 Å². The number of hydrogen-bond acceptors (Lipinski definition) is 2. The summed E-state index contributed by atoms with van der Waals surface area (Å²) in [5, 5.41) is 0. The SMILES string of the molecule is CC(C)C(C#Cc1ccccc1)N1CCOCC1. The van der Waals surface area contributed by atoms with Gasteiger partial charge in [-0.05, 0) is 18.1 Å². The van der Waals surface area contributed by atoms with Crippen molar-refractivity contribution in [3.8, 4) is 11.8 Å². The lowest BCUT2D eigenvalue weighted by molar-refractivity contribution is 0.0194. The Morgan fingerprint density at radius 2 is 1.78 bits per heavy atom. The lowest BCUT2D eigenvalue weighted by Crippen LogP contribution is -2.45. The van der Waals surface area contributed by atoms with Gasteiger partial charge in [0.2, 0.25) is 0 Å². The number of rotatable bonds is 2. The Morgan fingerprint density at radius 3 is 2.39 bits per heavy atom. The second-order valence-electron chi connectivity index (χ2n) is 4.97. The minimum Gasteiger partial charge on any atom is -0.379 e. The van der Waals surface area contributed by atoms with E-state index in [2.05, 4.69) is 42.7 Å². The highest BCUT2D eigenvalue weighted by Gasteiger charge is 2.21. The van der Waals surface area contributed by atoms with E-state index in [1.807, 2.05) is 18.2 Å².